The highest BCUT2D eigenvalue weighted by atomic mass is 19.4. The van der Waals surface area contributed by atoms with E-state index < -0.39 is 23.2 Å². The SMILES string of the molecule is Cc1ccc(NC(=O)[C@@](C)(O)COc2ccc(C(C)C)cc2)cc1C(F)(F)F. The monoisotopic (exact) mass is 395 g/mol. The van der Waals surface area contributed by atoms with Crippen molar-refractivity contribution in [2.45, 2.75) is 45.4 Å². The lowest BCUT2D eigenvalue weighted by Crippen LogP contribution is -2.45. The number of amides is 1. The van der Waals surface area contributed by atoms with E-state index in [9.17, 15) is 23.1 Å². The van der Waals surface area contributed by atoms with Gasteiger partial charge in [0.2, 0.25) is 0 Å². The molecule has 4 nitrogen and oxygen atoms in total. The molecular weight excluding hydrogens is 371 g/mol. The maximum Gasteiger partial charge on any atom is 0.416 e. The number of anilines is 1. The molecular formula is C21H24F3NO3. The highest BCUT2D eigenvalue weighted by Crippen LogP contribution is 2.33. The van der Waals surface area contributed by atoms with Crippen LogP contribution in [0.3, 0.4) is 0 Å². The van der Waals surface area contributed by atoms with Crippen LogP contribution in [0.25, 0.3) is 0 Å². The van der Waals surface area contributed by atoms with Crippen molar-refractivity contribution in [1.29, 1.82) is 0 Å². The Morgan fingerprint density at radius 3 is 2.29 bits per heavy atom. The Kier molecular flexibility index (Phi) is 6.39. The van der Waals surface area contributed by atoms with Crippen molar-refractivity contribution in [1.82, 2.24) is 0 Å². The lowest BCUT2D eigenvalue weighted by atomic mass is 10.0. The molecule has 7 heteroatoms. The summed E-state index contributed by atoms with van der Waals surface area (Å²) in [7, 11) is 0. The molecule has 2 rings (SSSR count). The van der Waals surface area contributed by atoms with Crippen LogP contribution in [0.5, 0.6) is 5.75 Å². The summed E-state index contributed by atoms with van der Waals surface area (Å²) in [6, 6.07) is 10.7. The maximum atomic E-state index is 13.0. The molecule has 0 bridgehead atoms. The van der Waals surface area contributed by atoms with Crippen molar-refractivity contribution < 1.29 is 27.8 Å². The molecule has 28 heavy (non-hydrogen) atoms. The Balaban J connectivity index is 2.04. The molecule has 0 aromatic heterocycles. The minimum Gasteiger partial charge on any atom is -0.490 e. The molecule has 0 heterocycles. The van der Waals surface area contributed by atoms with Gasteiger partial charge in [0, 0.05) is 5.69 Å². The zero-order valence-electron chi connectivity index (χ0n) is 16.2. The van der Waals surface area contributed by atoms with Crippen molar-refractivity contribution in [3.63, 3.8) is 0 Å². The topological polar surface area (TPSA) is 58.6 Å². The predicted molar refractivity (Wildman–Crippen MR) is 101 cm³/mol. The average molecular weight is 395 g/mol. The first-order valence-corrected chi connectivity index (χ1v) is 8.84. The number of alkyl halides is 3. The first-order valence-electron chi connectivity index (χ1n) is 8.84. The fourth-order valence-electron chi connectivity index (χ4n) is 2.51. The van der Waals surface area contributed by atoms with Gasteiger partial charge in [-0.3, -0.25) is 4.79 Å². The zero-order chi connectivity index (χ0) is 21.1. The molecule has 152 valence electrons. The lowest BCUT2D eigenvalue weighted by Gasteiger charge is -2.23. The van der Waals surface area contributed by atoms with Gasteiger partial charge >= 0.3 is 6.18 Å². The maximum absolute atomic E-state index is 13.0. The second-order valence-corrected chi connectivity index (χ2v) is 7.27. The van der Waals surface area contributed by atoms with Gasteiger partial charge in [-0.05, 0) is 55.2 Å². The number of aryl methyl sites for hydroxylation is 1. The molecule has 0 aliphatic carbocycles. The highest BCUT2D eigenvalue weighted by Gasteiger charge is 2.34. The minimum atomic E-state index is -4.53. The van der Waals surface area contributed by atoms with Crippen molar-refractivity contribution in [3.8, 4) is 5.75 Å². The standard InChI is InChI=1S/C21H24F3NO3/c1-13(2)15-6-9-17(10-7-15)28-12-20(4,27)19(26)25-16-8-5-14(3)18(11-16)21(22,23)24/h5-11,13,27H,12H2,1-4H3,(H,25,26)/t20-/m0/s1. The fourth-order valence-corrected chi connectivity index (χ4v) is 2.51. The highest BCUT2D eigenvalue weighted by molar-refractivity contribution is 5.97. The molecule has 0 fully saturated rings. The lowest BCUT2D eigenvalue weighted by molar-refractivity contribution is -0.138. The second kappa shape index (κ2) is 8.22. The molecule has 0 aliphatic rings. The summed E-state index contributed by atoms with van der Waals surface area (Å²) in [6.45, 7) is 6.34. The molecule has 2 aromatic carbocycles. The third-order valence-corrected chi connectivity index (χ3v) is 4.36. The van der Waals surface area contributed by atoms with Crippen LogP contribution < -0.4 is 10.1 Å². The predicted octanol–water partition coefficient (Wildman–Crippen LogP) is 4.91. The normalized spacial score (nSPS) is 13.9. The third-order valence-electron chi connectivity index (χ3n) is 4.36. The van der Waals surface area contributed by atoms with Gasteiger partial charge in [0.15, 0.2) is 5.60 Å². The Bertz CT molecular complexity index is 828. The van der Waals surface area contributed by atoms with E-state index >= 15 is 0 Å². The smallest absolute Gasteiger partial charge is 0.416 e. The van der Waals surface area contributed by atoms with Gasteiger partial charge in [-0.1, -0.05) is 32.0 Å². The molecule has 0 aliphatic heterocycles. The van der Waals surface area contributed by atoms with E-state index in [1.165, 1.54) is 26.0 Å². The summed E-state index contributed by atoms with van der Waals surface area (Å²) >= 11 is 0. The van der Waals surface area contributed by atoms with E-state index in [1.807, 2.05) is 12.1 Å². The summed E-state index contributed by atoms with van der Waals surface area (Å²) < 4.78 is 44.5. The zero-order valence-corrected chi connectivity index (χ0v) is 16.2. The molecule has 2 N–H and O–H groups in total. The van der Waals surface area contributed by atoms with Gasteiger partial charge in [0.05, 0.1) is 5.56 Å². The van der Waals surface area contributed by atoms with Crippen molar-refractivity contribution in [2.24, 2.45) is 0 Å². The van der Waals surface area contributed by atoms with Crippen molar-refractivity contribution in [3.05, 3.63) is 59.2 Å². The van der Waals surface area contributed by atoms with Crippen molar-refractivity contribution in [2.75, 3.05) is 11.9 Å². The van der Waals surface area contributed by atoms with Crippen LogP contribution in [0, 0.1) is 6.92 Å². The van der Waals surface area contributed by atoms with Gasteiger partial charge in [0.25, 0.3) is 5.91 Å². The van der Waals surface area contributed by atoms with Crippen LogP contribution in [0.4, 0.5) is 18.9 Å². The number of hydrogen-bond acceptors (Lipinski definition) is 3. The first kappa shape index (κ1) is 21.8. The molecule has 0 saturated heterocycles. The summed E-state index contributed by atoms with van der Waals surface area (Å²) in [6.07, 6.45) is -4.53. The molecule has 1 amide bonds. The number of benzene rings is 2. The number of hydrogen-bond donors (Lipinski definition) is 2. The van der Waals surface area contributed by atoms with Gasteiger partial charge < -0.3 is 15.2 Å². The first-order chi connectivity index (χ1) is 12.9. The molecule has 0 radical (unpaired) electrons. The van der Waals surface area contributed by atoms with E-state index in [2.05, 4.69) is 19.2 Å². The minimum absolute atomic E-state index is 0.0467. The van der Waals surface area contributed by atoms with E-state index in [0.717, 1.165) is 11.6 Å². The van der Waals surface area contributed by atoms with Crippen LogP contribution >= 0.6 is 0 Å². The summed E-state index contributed by atoms with van der Waals surface area (Å²) in [4.78, 5) is 12.3. The number of nitrogens with one attached hydrogen (secondary N) is 1. The summed E-state index contributed by atoms with van der Waals surface area (Å²) in [5.74, 6) is -0.0190. The Hall–Kier alpha value is -2.54. The van der Waals surface area contributed by atoms with Crippen LogP contribution in [0.1, 0.15) is 43.4 Å². The van der Waals surface area contributed by atoms with E-state index in [1.54, 1.807) is 12.1 Å². The molecule has 1 atom stereocenters. The Labute approximate surface area is 162 Å². The molecule has 0 unspecified atom stereocenters. The largest absolute Gasteiger partial charge is 0.490 e. The van der Waals surface area contributed by atoms with Gasteiger partial charge in [-0.2, -0.15) is 13.2 Å². The van der Waals surface area contributed by atoms with Crippen LogP contribution in [0.2, 0.25) is 0 Å². The summed E-state index contributed by atoms with van der Waals surface area (Å²) in [5, 5.41) is 12.7. The third kappa shape index (κ3) is 5.48. The van der Waals surface area contributed by atoms with Crippen LogP contribution in [0.15, 0.2) is 42.5 Å². The van der Waals surface area contributed by atoms with Crippen LogP contribution in [-0.2, 0) is 11.0 Å². The molecule has 0 saturated carbocycles. The number of carbonyl (C=O) groups is 1. The van der Waals surface area contributed by atoms with Crippen molar-refractivity contribution >= 4 is 11.6 Å². The van der Waals surface area contributed by atoms with Gasteiger partial charge in [-0.15, -0.1) is 0 Å². The average Bonchev–Trinajstić information content (AvgIpc) is 2.61. The fraction of sp³-hybridized carbons (Fsp3) is 0.381. The Morgan fingerprint density at radius 1 is 1.14 bits per heavy atom. The van der Waals surface area contributed by atoms with Gasteiger partial charge in [-0.25, -0.2) is 0 Å². The van der Waals surface area contributed by atoms with E-state index in [-0.39, 0.29) is 17.9 Å². The van der Waals surface area contributed by atoms with Gasteiger partial charge in [0.1, 0.15) is 12.4 Å². The number of aliphatic hydroxyl groups is 1. The van der Waals surface area contributed by atoms with Crippen LogP contribution in [-0.4, -0.2) is 23.2 Å². The molecule has 0 spiro atoms. The number of ether oxygens (including phenoxy) is 1. The number of rotatable bonds is 6. The van der Waals surface area contributed by atoms with E-state index in [0.29, 0.717) is 11.7 Å². The quantitative estimate of drug-likeness (QED) is 0.731. The number of halogens is 3. The Morgan fingerprint density at radius 2 is 1.75 bits per heavy atom. The second-order valence-electron chi connectivity index (χ2n) is 7.27. The summed E-state index contributed by atoms with van der Waals surface area (Å²) in [5.41, 5.74) is -1.65. The molecule has 2 aromatic rings. The number of carbonyl (C=O) groups excluding carboxylic acids is 1. The van der Waals surface area contributed by atoms with E-state index in [4.69, 9.17) is 4.74 Å².